The Hall–Kier alpha value is -0.160. The molecule has 11 heavy (non-hydrogen) atoms. The van der Waals surface area contributed by atoms with Crippen LogP contribution in [0.1, 0.15) is 25.7 Å². The van der Waals surface area contributed by atoms with Crippen molar-refractivity contribution >= 4 is 0 Å². The van der Waals surface area contributed by atoms with E-state index in [1.54, 1.807) is 0 Å². The molecule has 4 N–H and O–H groups in total. The van der Waals surface area contributed by atoms with Crippen LogP contribution in [0.4, 0.5) is 0 Å². The number of hydrogen-bond donors (Lipinski definition) is 4. The molecule has 0 aliphatic carbocycles. The lowest BCUT2D eigenvalue weighted by Gasteiger charge is -1.93. The molecule has 0 atom stereocenters. The highest BCUT2D eigenvalue weighted by molar-refractivity contribution is 4.39. The first-order valence-electron chi connectivity index (χ1n) is 4.09. The van der Waals surface area contributed by atoms with Gasteiger partial charge in [0.1, 0.15) is 0 Å². The molecular weight excluding hydrogens is 144 g/mol. The fraction of sp³-hybridized carbons (Fsp3) is 1.00. The van der Waals surface area contributed by atoms with Crippen molar-refractivity contribution in [3.63, 3.8) is 0 Å². The number of aliphatic hydroxyl groups excluding tert-OH is 2. The molecule has 1 aliphatic heterocycles. The van der Waals surface area contributed by atoms with E-state index in [1.165, 1.54) is 0 Å². The second-order valence-electron chi connectivity index (χ2n) is 2.39. The van der Waals surface area contributed by atoms with Crippen molar-refractivity contribution in [3.05, 3.63) is 0 Å². The predicted molar refractivity (Wildman–Crippen MR) is 43.8 cm³/mol. The predicted octanol–water partition coefficient (Wildman–Crippen LogP) is -0.417. The summed E-state index contributed by atoms with van der Waals surface area (Å²) in [7, 11) is 0. The van der Waals surface area contributed by atoms with Gasteiger partial charge in [-0.2, -0.15) is 0 Å². The van der Waals surface area contributed by atoms with Crippen LogP contribution in [0.15, 0.2) is 0 Å². The van der Waals surface area contributed by atoms with Crippen LogP contribution < -0.4 is 10.9 Å². The van der Waals surface area contributed by atoms with E-state index in [-0.39, 0.29) is 13.2 Å². The number of hydrazine groups is 1. The van der Waals surface area contributed by atoms with Gasteiger partial charge >= 0.3 is 0 Å². The van der Waals surface area contributed by atoms with Gasteiger partial charge in [-0.25, -0.2) is 10.9 Å². The Balaban J connectivity index is 0.000000271. The lowest BCUT2D eigenvalue weighted by Crippen LogP contribution is -1.85. The first-order valence-corrected chi connectivity index (χ1v) is 4.09. The van der Waals surface area contributed by atoms with Crippen molar-refractivity contribution in [2.75, 3.05) is 19.9 Å². The van der Waals surface area contributed by atoms with E-state index >= 15 is 0 Å². The zero-order chi connectivity index (χ0) is 8.36. The van der Waals surface area contributed by atoms with Crippen LogP contribution in [-0.4, -0.2) is 30.1 Å². The number of aliphatic hydroxyl groups is 2. The Bertz CT molecular complexity index is 60.7. The smallest absolute Gasteiger partial charge is 0.0721 e. The molecule has 0 spiro atoms. The van der Waals surface area contributed by atoms with Crippen molar-refractivity contribution in [1.29, 1.82) is 0 Å². The molecule has 0 amide bonds. The van der Waals surface area contributed by atoms with E-state index in [0.717, 1.165) is 32.4 Å². The highest BCUT2D eigenvalue weighted by atomic mass is 16.3. The summed E-state index contributed by atoms with van der Waals surface area (Å²) in [4.78, 5) is 0. The molecule has 1 heterocycles. The van der Waals surface area contributed by atoms with Crippen LogP contribution >= 0.6 is 0 Å². The monoisotopic (exact) mass is 162 g/mol. The zero-order valence-corrected chi connectivity index (χ0v) is 6.84. The van der Waals surface area contributed by atoms with Crippen molar-refractivity contribution < 1.29 is 10.2 Å². The van der Waals surface area contributed by atoms with E-state index in [4.69, 9.17) is 10.2 Å². The Kier molecular flexibility index (Phi) is 9.70. The van der Waals surface area contributed by atoms with Gasteiger partial charge in [0.05, 0.1) is 6.67 Å². The van der Waals surface area contributed by atoms with Gasteiger partial charge in [0.2, 0.25) is 0 Å². The van der Waals surface area contributed by atoms with Gasteiger partial charge in [-0.3, -0.25) is 0 Å². The Morgan fingerprint density at radius 3 is 1.36 bits per heavy atom. The molecule has 68 valence electrons. The molecule has 0 aromatic rings. The molecule has 4 nitrogen and oxygen atoms in total. The Labute approximate surface area is 67.6 Å². The fourth-order valence-corrected chi connectivity index (χ4v) is 0.577. The highest BCUT2D eigenvalue weighted by Gasteiger charge is 1.87. The standard InChI is InChI=1S/C6H14O2.CH4N2/c7-5-3-1-2-4-6-8;1-2-3-1/h7-8H,1-6H2;2-3H,1H2. The average molecular weight is 162 g/mol. The SMILES string of the molecule is C1NN1.OCCCCCCO. The first-order chi connectivity index (χ1) is 5.41. The highest BCUT2D eigenvalue weighted by Crippen LogP contribution is 1.96. The van der Waals surface area contributed by atoms with Gasteiger partial charge in [-0.15, -0.1) is 0 Å². The molecule has 1 fully saturated rings. The van der Waals surface area contributed by atoms with E-state index in [1.807, 2.05) is 0 Å². The molecule has 1 aliphatic rings. The third-order valence-electron chi connectivity index (χ3n) is 1.24. The van der Waals surface area contributed by atoms with Gasteiger partial charge in [0.25, 0.3) is 0 Å². The van der Waals surface area contributed by atoms with Crippen LogP contribution in [0.2, 0.25) is 0 Å². The second-order valence-corrected chi connectivity index (χ2v) is 2.39. The van der Waals surface area contributed by atoms with Crippen LogP contribution in [0.5, 0.6) is 0 Å². The van der Waals surface area contributed by atoms with Crippen molar-refractivity contribution in [2.45, 2.75) is 25.7 Å². The molecular formula is C7H18N2O2. The van der Waals surface area contributed by atoms with E-state index in [0.29, 0.717) is 0 Å². The summed E-state index contributed by atoms with van der Waals surface area (Å²) in [5.41, 5.74) is 5.50. The quantitative estimate of drug-likeness (QED) is 0.327. The molecule has 1 saturated heterocycles. The molecule has 0 saturated carbocycles. The van der Waals surface area contributed by atoms with E-state index in [9.17, 15) is 0 Å². The minimum absolute atomic E-state index is 0.283. The van der Waals surface area contributed by atoms with Crippen molar-refractivity contribution in [1.82, 2.24) is 10.9 Å². The minimum Gasteiger partial charge on any atom is -0.396 e. The summed E-state index contributed by atoms with van der Waals surface area (Å²) in [6.07, 6.45) is 3.83. The largest absolute Gasteiger partial charge is 0.396 e. The van der Waals surface area contributed by atoms with Crippen molar-refractivity contribution in [3.8, 4) is 0 Å². The van der Waals surface area contributed by atoms with Crippen LogP contribution in [-0.2, 0) is 0 Å². The third kappa shape index (κ3) is 17.7. The maximum atomic E-state index is 8.30. The van der Waals surface area contributed by atoms with Crippen LogP contribution in [0.25, 0.3) is 0 Å². The van der Waals surface area contributed by atoms with E-state index in [2.05, 4.69) is 10.9 Å². The topological polar surface area (TPSA) is 84.3 Å². The first kappa shape index (κ1) is 10.8. The summed E-state index contributed by atoms with van der Waals surface area (Å²) in [6.45, 7) is 1.57. The van der Waals surface area contributed by atoms with Crippen LogP contribution in [0, 0.1) is 0 Å². The molecule has 0 bridgehead atoms. The van der Waals surface area contributed by atoms with Gasteiger partial charge in [0, 0.05) is 13.2 Å². The van der Waals surface area contributed by atoms with Gasteiger partial charge in [-0.05, 0) is 12.8 Å². The molecule has 4 heteroatoms. The summed E-state index contributed by atoms with van der Waals surface area (Å²) >= 11 is 0. The van der Waals surface area contributed by atoms with Gasteiger partial charge in [0.15, 0.2) is 0 Å². The average Bonchev–Trinajstić information content (AvgIpc) is 2.84. The minimum atomic E-state index is 0.283. The third-order valence-corrected chi connectivity index (χ3v) is 1.24. The summed E-state index contributed by atoms with van der Waals surface area (Å²) in [6, 6.07) is 0. The molecule has 0 radical (unpaired) electrons. The van der Waals surface area contributed by atoms with Crippen LogP contribution in [0.3, 0.4) is 0 Å². The lowest BCUT2D eigenvalue weighted by atomic mass is 10.2. The van der Waals surface area contributed by atoms with Crippen molar-refractivity contribution in [2.24, 2.45) is 0 Å². The van der Waals surface area contributed by atoms with Gasteiger partial charge < -0.3 is 10.2 Å². The second kappa shape index (κ2) is 9.84. The molecule has 0 aromatic carbocycles. The molecule has 0 aromatic heterocycles. The van der Waals surface area contributed by atoms with E-state index < -0.39 is 0 Å². The Morgan fingerprint density at radius 2 is 1.18 bits per heavy atom. The maximum Gasteiger partial charge on any atom is 0.0721 e. The summed E-state index contributed by atoms with van der Waals surface area (Å²) in [5.74, 6) is 0. The molecule has 0 unspecified atom stereocenters. The number of hydrogen-bond acceptors (Lipinski definition) is 4. The Morgan fingerprint density at radius 1 is 0.818 bits per heavy atom. The normalized spacial score (nSPS) is 13.6. The summed E-state index contributed by atoms with van der Waals surface area (Å²) < 4.78 is 0. The summed E-state index contributed by atoms with van der Waals surface area (Å²) in [5, 5.41) is 16.6. The number of nitrogens with one attached hydrogen (secondary N) is 2. The lowest BCUT2D eigenvalue weighted by molar-refractivity contribution is 0.265. The fourth-order valence-electron chi connectivity index (χ4n) is 0.577. The number of unbranched alkanes of at least 4 members (excludes halogenated alkanes) is 3. The van der Waals surface area contributed by atoms with Gasteiger partial charge in [-0.1, -0.05) is 12.8 Å². The molecule has 1 rings (SSSR count). The maximum absolute atomic E-state index is 8.30. The number of rotatable bonds is 5. The zero-order valence-electron chi connectivity index (χ0n) is 6.84.